The number of para-hydroxylation sites is 1. The summed E-state index contributed by atoms with van der Waals surface area (Å²) in [6.45, 7) is 3.98. The first kappa shape index (κ1) is 13.9. The molecule has 0 saturated carbocycles. The van der Waals surface area contributed by atoms with Crippen molar-refractivity contribution in [2.45, 2.75) is 20.4 Å². The summed E-state index contributed by atoms with van der Waals surface area (Å²) in [6.07, 6.45) is 0. The number of nitrogens with two attached hydrogens (primary N) is 1. The van der Waals surface area contributed by atoms with E-state index >= 15 is 0 Å². The summed E-state index contributed by atoms with van der Waals surface area (Å²) >= 11 is 0. The van der Waals surface area contributed by atoms with E-state index in [9.17, 15) is 4.79 Å². The quantitative estimate of drug-likeness (QED) is 0.830. The predicted molar refractivity (Wildman–Crippen MR) is 74.6 cm³/mol. The van der Waals surface area contributed by atoms with Gasteiger partial charge in [0.15, 0.2) is 0 Å². The van der Waals surface area contributed by atoms with Crippen LogP contribution in [-0.4, -0.2) is 18.2 Å². The lowest BCUT2D eigenvalue weighted by molar-refractivity contribution is 0.0951. The number of ether oxygens (including phenoxy) is 1. The van der Waals surface area contributed by atoms with E-state index in [4.69, 9.17) is 15.0 Å². The average molecular weight is 275 g/mol. The van der Waals surface area contributed by atoms with Crippen molar-refractivity contribution in [2.75, 3.05) is 12.8 Å². The molecule has 6 nitrogen and oxygen atoms in total. The van der Waals surface area contributed by atoms with Crippen LogP contribution in [0.1, 0.15) is 27.4 Å². The van der Waals surface area contributed by atoms with Crippen LogP contribution in [-0.2, 0) is 6.54 Å². The maximum Gasteiger partial charge on any atom is 0.253 e. The minimum absolute atomic E-state index is 0.263. The minimum Gasteiger partial charge on any atom is -0.495 e. The Morgan fingerprint density at radius 3 is 2.80 bits per heavy atom. The second kappa shape index (κ2) is 5.64. The molecular weight excluding hydrogens is 258 g/mol. The van der Waals surface area contributed by atoms with Crippen LogP contribution in [0.4, 0.5) is 5.69 Å². The highest BCUT2D eigenvalue weighted by Crippen LogP contribution is 2.24. The van der Waals surface area contributed by atoms with Gasteiger partial charge in [0.05, 0.1) is 24.1 Å². The Labute approximate surface area is 116 Å². The molecule has 0 aliphatic carbocycles. The number of nitrogens with one attached hydrogen (secondary N) is 1. The number of anilines is 1. The average Bonchev–Trinajstić information content (AvgIpc) is 2.76. The molecule has 1 aromatic heterocycles. The molecule has 2 rings (SSSR count). The number of hydrogen-bond acceptors (Lipinski definition) is 5. The standard InChI is InChI=1S/C14H17N3O3/c1-8-11(9(2)20-17-8)7-16-14(18)10-5-4-6-12(19-3)13(10)15/h4-6H,7,15H2,1-3H3,(H,16,18). The Morgan fingerprint density at radius 1 is 1.45 bits per heavy atom. The summed E-state index contributed by atoms with van der Waals surface area (Å²) in [4.78, 5) is 12.2. The Kier molecular flexibility index (Phi) is 3.93. The highest BCUT2D eigenvalue weighted by atomic mass is 16.5. The number of hydrogen-bond donors (Lipinski definition) is 2. The second-order valence-corrected chi connectivity index (χ2v) is 4.41. The van der Waals surface area contributed by atoms with Crippen LogP contribution >= 0.6 is 0 Å². The Hall–Kier alpha value is -2.50. The molecule has 0 spiro atoms. The maximum absolute atomic E-state index is 12.2. The van der Waals surface area contributed by atoms with Crippen molar-refractivity contribution in [3.8, 4) is 5.75 Å². The van der Waals surface area contributed by atoms with Gasteiger partial charge in [-0.2, -0.15) is 0 Å². The van der Waals surface area contributed by atoms with Crippen molar-refractivity contribution in [1.82, 2.24) is 10.5 Å². The number of nitrogen functional groups attached to an aromatic ring is 1. The number of carbonyl (C=O) groups is 1. The van der Waals surface area contributed by atoms with Crippen LogP contribution in [0, 0.1) is 13.8 Å². The van der Waals surface area contributed by atoms with Crippen LogP contribution in [0.15, 0.2) is 22.7 Å². The lowest BCUT2D eigenvalue weighted by Crippen LogP contribution is -2.24. The van der Waals surface area contributed by atoms with Crippen molar-refractivity contribution in [1.29, 1.82) is 0 Å². The largest absolute Gasteiger partial charge is 0.495 e. The first-order valence-corrected chi connectivity index (χ1v) is 6.17. The number of aromatic nitrogens is 1. The number of aryl methyl sites for hydroxylation is 2. The first-order chi connectivity index (χ1) is 9.54. The molecule has 2 aromatic rings. The third kappa shape index (κ3) is 2.59. The lowest BCUT2D eigenvalue weighted by Gasteiger charge is -2.10. The van der Waals surface area contributed by atoms with E-state index in [1.54, 1.807) is 25.1 Å². The highest BCUT2D eigenvalue weighted by molar-refractivity contribution is 6.00. The van der Waals surface area contributed by atoms with Crippen molar-refractivity contribution in [3.05, 3.63) is 40.8 Å². The predicted octanol–water partition coefficient (Wildman–Crippen LogP) is 1.81. The number of rotatable bonds is 4. The summed E-state index contributed by atoms with van der Waals surface area (Å²) in [5.74, 6) is 0.915. The molecule has 0 aliphatic heterocycles. The normalized spacial score (nSPS) is 10.3. The molecule has 0 bridgehead atoms. The molecular formula is C14H17N3O3. The van der Waals surface area contributed by atoms with Crippen LogP contribution in [0.25, 0.3) is 0 Å². The molecule has 0 saturated heterocycles. The zero-order valence-corrected chi connectivity index (χ0v) is 11.7. The molecule has 3 N–H and O–H groups in total. The molecule has 106 valence electrons. The van der Waals surface area contributed by atoms with E-state index in [1.807, 2.05) is 6.92 Å². The number of nitrogens with zero attached hydrogens (tertiary/aromatic N) is 1. The van der Waals surface area contributed by atoms with E-state index in [-0.39, 0.29) is 5.91 Å². The Balaban J connectivity index is 2.13. The van der Waals surface area contributed by atoms with Gasteiger partial charge in [0.2, 0.25) is 0 Å². The van der Waals surface area contributed by atoms with Gasteiger partial charge in [-0.25, -0.2) is 0 Å². The zero-order valence-electron chi connectivity index (χ0n) is 11.7. The number of methoxy groups -OCH3 is 1. The van der Waals surface area contributed by atoms with Crippen molar-refractivity contribution in [2.24, 2.45) is 0 Å². The summed E-state index contributed by atoms with van der Waals surface area (Å²) in [5, 5.41) is 6.64. The smallest absolute Gasteiger partial charge is 0.253 e. The molecule has 0 unspecified atom stereocenters. The second-order valence-electron chi connectivity index (χ2n) is 4.41. The van der Waals surface area contributed by atoms with Gasteiger partial charge in [0.1, 0.15) is 11.5 Å². The molecule has 6 heteroatoms. The molecule has 1 amide bonds. The van der Waals surface area contributed by atoms with Gasteiger partial charge in [-0.15, -0.1) is 0 Å². The van der Waals surface area contributed by atoms with E-state index in [2.05, 4.69) is 10.5 Å². The van der Waals surface area contributed by atoms with Gasteiger partial charge in [-0.05, 0) is 26.0 Å². The van der Waals surface area contributed by atoms with Crippen LogP contribution < -0.4 is 15.8 Å². The van der Waals surface area contributed by atoms with Crippen LogP contribution in [0.5, 0.6) is 5.75 Å². The summed E-state index contributed by atoms with van der Waals surface area (Å²) in [6, 6.07) is 5.08. The van der Waals surface area contributed by atoms with Gasteiger partial charge in [-0.1, -0.05) is 11.2 Å². The molecule has 0 atom stereocenters. The third-order valence-electron chi connectivity index (χ3n) is 3.14. The topological polar surface area (TPSA) is 90.4 Å². The molecule has 0 fully saturated rings. The summed E-state index contributed by atoms with van der Waals surface area (Å²) in [7, 11) is 1.51. The highest BCUT2D eigenvalue weighted by Gasteiger charge is 2.15. The molecule has 0 radical (unpaired) electrons. The third-order valence-corrected chi connectivity index (χ3v) is 3.14. The Morgan fingerprint density at radius 2 is 2.20 bits per heavy atom. The van der Waals surface area contributed by atoms with Crippen molar-refractivity contribution in [3.63, 3.8) is 0 Å². The van der Waals surface area contributed by atoms with Crippen LogP contribution in [0.3, 0.4) is 0 Å². The van der Waals surface area contributed by atoms with Gasteiger partial charge < -0.3 is 20.3 Å². The zero-order chi connectivity index (χ0) is 14.7. The lowest BCUT2D eigenvalue weighted by atomic mass is 10.1. The number of carbonyl (C=O) groups excluding carboxylic acids is 1. The van der Waals surface area contributed by atoms with Crippen LogP contribution in [0.2, 0.25) is 0 Å². The number of amides is 1. The first-order valence-electron chi connectivity index (χ1n) is 6.17. The van der Waals surface area contributed by atoms with Crippen molar-refractivity contribution < 1.29 is 14.1 Å². The van der Waals surface area contributed by atoms with Gasteiger partial charge in [0.25, 0.3) is 5.91 Å². The SMILES string of the molecule is COc1cccc(C(=O)NCc2c(C)noc2C)c1N. The monoisotopic (exact) mass is 275 g/mol. The molecule has 1 aromatic carbocycles. The molecule has 1 heterocycles. The fourth-order valence-electron chi connectivity index (χ4n) is 1.94. The summed E-state index contributed by atoms with van der Waals surface area (Å²) < 4.78 is 10.1. The maximum atomic E-state index is 12.2. The van der Waals surface area contributed by atoms with Gasteiger partial charge in [0, 0.05) is 12.1 Å². The Bertz CT molecular complexity index is 615. The van der Waals surface area contributed by atoms with Gasteiger partial charge >= 0.3 is 0 Å². The molecule has 0 aliphatic rings. The fraction of sp³-hybridized carbons (Fsp3) is 0.286. The van der Waals surface area contributed by atoms with Crippen molar-refractivity contribution >= 4 is 11.6 Å². The minimum atomic E-state index is -0.263. The van der Waals surface area contributed by atoms with E-state index < -0.39 is 0 Å². The number of benzene rings is 1. The van der Waals surface area contributed by atoms with Gasteiger partial charge in [-0.3, -0.25) is 4.79 Å². The summed E-state index contributed by atoms with van der Waals surface area (Å²) in [5.41, 5.74) is 8.24. The van der Waals surface area contributed by atoms with E-state index in [0.717, 1.165) is 11.3 Å². The van der Waals surface area contributed by atoms with E-state index in [0.29, 0.717) is 29.3 Å². The van der Waals surface area contributed by atoms with E-state index in [1.165, 1.54) is 7.11 Å². The molecule has 20 heavy (non-hydrogen) atoms. The fourth-order valence-corrected chi connectivity index (χ4v) is 1.94.